The Morgan fingerprint density at radius 2 is 2.00 bits per heavy atom. The molecule has 0 atom stereocenters. The molecule has 1 rings (SSSR count). The standard InChI is InChI=1S/C13H19ClO2/c1-3-10(4-2)9-16-13-6-5-12(14)7-11(13)8-15/h5-7,10,15H,3-4,8-9H2,1-2H3. The molecule has 0 heterocycles. The first kappa shape index (κ1) is 13.3. The van der Waals surface area contributed by atoms with Gasteiger partial charge in [-0.3, -0.25) is 0 Å². The second kappa shape index (κ2) is 6.77. The Balaban J connectivity index is 2.65. The summed E-state index contributed by atoms with van der Waals surface area (Å²) in [6.07, 6.45) is 2.22. The minimum Gasteiger partial charge on any atom is -0.493 e. The number of ether oxygens (including phenoxy) is 1. The van der Waals surface area contributed by atoms with E-state index in [-0.39, 0.29) is 6.61 Å². The average Bonchev–Trinajstić information content (AvgIpc) is 2.31. The van der Waals surface area contributed by atoms with Gasteiger partial charge in [0.2, 0.25) is 0 Å². The van der Waals surface area contributed by atoms with Crippen molar-refractivity contribution in [2.75, 3.05) is 6.61 Å². The van der Waals surface area contributed by atoms with Gasteiger partial charge in [0.25, 0.3) is 0 Å². The van der Waals surface area contributed by atoms with Gasteiger partial charge in [-0.05, 0) is 24.1 Å². The van der Waals surface area contributed by atoms with Crippen molar-refractivity contribution in [3.63, 3.8) is 0 Å². The Kier molecular flexibility index (Phi) is 5.64. The van der Waals surface area contributed by atoms with Crippen LogP contribution in [0, 0.1) is 5.92 Å². The summed E-state index contributed by atoms with van der Waals surface area (Å²) in [7, 11) is 0. The molecule has 0 aliphatic rings. The zero-order valence-corrected chi connectivity index (χ0v) is 10.6. The molecule has 3 heteroatoms. The molecule has 0 unspecified atom stereocenters. The topological polar surface area (TPSA) is 29.5 Å². The van der Waals surface area contributed by atoms with Crippen molar-refractivity contribution >= 4 is 11.6 Å². The van der Waals surface area contributed by atoms with E-state index in [1.165, 1.54) is 0 Å². The van der Waals surface area contributed by atoms with Crippen molar-refractivity contribution in [2.24, 2.45) is 5.92 Å². The SMILES string of the molecule is CCC(CC)COc1ccc(Cl)cc1CO. The molecular weight excluding hydrogens is 224 g/mol. The molecule has 0 aliphatic carbocycles. The predicted molar refractivity (Wildman–Crippen MR) is 66.9 cm³/mol. The second-order valence-corrected chi connectivity index (χ2v) is 4.34. The number of benzene rings is 1. The monoisotopic (exact) mass is 242 g/mol. The van der Waals surface area contributed by atoms with E-state index in [0.29, 0.717) is 17.5 Å². The largest absolute Gasteiger partial charge is 0.493 e. The van der Waals surface area contributed by atoms with Gasteiger partial charge in [0.05, 0.1) is 13.2 Å². The van der Waals surface area contributed by atoms with Crippen LogP contribution in [0.5, 0.6) is 5.75 Å². The normalized spacial score (nSPS) is 10.8. The fourth-order valence-corrected chi connectivity index (χ4v) is 1.74. The van der Waals surface area contributed by atoms with Crippen molar-refractivity contribution in [3.05, 3.63) is 28.8 Å². The minimum atomic E-state index is -0.0428. The van der Waals surface area contributed by atoms with E-state index in [9.17, 15) is 5.11 Å². The summed E-state index contributed by atoms with van der Waals surface area (Å²) >= 11 is 5.85. The Hall–Kier alpha value is -0.730. The van der Waals surface area contributed by atoms with Crippen molar-refractivity contribution in [1.29, 1.82) is 0 Å². The molecule has 0 aromatic heterocycles. The lowest BCUT2D eigenvalue weighted by Crippen LogP contribution is -2.11. The van der Waals surface area contributed by atoms with Gasteiger partial charge >= 0.3 is 0 Å². The molecule has 0 spiro atoms. The minimum absolute atomic E-state index is 0.0428. The third-order valence-corrected chi connectivity index (χ3v) is 3.06. The molecule has 0 aliphatic heterocycles. The molecule has 0 saturated heterocycles. The molecule has 1 aromatic carbocycles. The van der Waals surface area contributed by atoms with E-state index in [0.717, 1.165) is 24.2 Å². The molecule has 0 fully saturated rings. The highest BCUT2D eigenvalue weighted by Crippen LogP contribution is 2.24. The van der Waals surface area contributed by atoms with Crippen LogP contribution in [0.3, 0.4) is 0 Å². The van der Waals surface area contributed by atoms with Crippen molar-refractivity contribution in [1.82, 2.24) is 0 Å². The van der Waals surface area contributed by atoms with E-state index in [1.54, 1.807) is 12.1 Å². The summed E-state index contributed by atoms with van der Waals surface area (Å²) in [6, 6.07) is 5.34. The van der Waals surface area contributed by atoms with Crippen LogP contribution < -0.4 is 4.74 Å². The van der Waals surface area contributed by atoms with Crippen LogP contribution in [0.25, 0.3) is 0 Å². The summed E-state index contributed by atoms with van der Waals surface area (Å²) in [5, 5.41) is 9.81. The maximum atomic E-state index is 9.18. The van der Waals surface area contributed by atoms with Crippen LogP contribution in [0.15, 0.2) is 18.2 Å². The predicted octanol–water partition coefficient (Wildman–Crippen LogP) is 3.65. The van der Waals surface area contributed by atoms with Crippen LogP contribution in [0.2, 0.25) is 5.02 Å². The van der Waals surface area contributed by atoms with E-state index < -0.39 is 0 Å². The highest BCUT2D eigenvalue weighted by atomic mass is 35.5. The van der Waals surface area contributed by atoms with Gasteiger partial charge in [0.1, 0.15) is 5.75 Å². The quantitative estimate of drug-likeness (QED) is 0.825. The molecule has 1 N–H and O–H groups in total. The first-order valence-corrected chi connectivity index (χ1v) is 6.11. The van der Waals surface area contributed by atoms with Crippen LogP contribution in [-0.2, 0) is 6.61 Å². The third kappa shape index (κ3) is 3.69. The average molecular weight is 243 g/mol. The van der Waals surface area contributed by atoms with E-state index in [1.807, 2.05) is 6.07 Å². The third-order valence-electron chi connectivity index (χ3n) is 2.82. The lowest BCUT2D eigenvalue weighted by molar-refractivity contribution is 0.226. The summed E-state index contributed by atoms with van der Waals surface area (Å²) in [6.45, 7) is 4.97. The summed E-state index contributed by atoms with van der Waals surface area (Å²) < 4.78 is 5.71. The lowest BCUT2D eigenvalue weighted by Gasteiger charge is -2.15. The number of halogens is 1. The van der Waals surface area contributed by atoms with Crippen molar-refractivity contribution in [2.45, 2.75) is 33.3 Å². The lowest BCUT2D eigenvalue weighted by atomic mass is 10.1. The van der Waals surface area contributed by atoms with Gasteiger partial charge in [0.15, 0.2) is 0 Å². The molecular formula is C13H19ClO2. The van der Waals surface area contributed by atoms with Gasteiger partial charge in [-0.1, -0.05) is 38.3 Å². The first-order chi connectivity index (χ1) is 7.71. The van der Waals surface area contributed by atoms with Gasteiger partial charge < -0.3 is 9.84 Å². The zero-order valence-electron chi connectivity index (χ0n) is 9.87. The zero-order chi connectivity index (χ0) is 12.0. The van der Waals surface area contributed by atoms with Gasteiger partial charge in [-0.25, -0.2) is 0 Å². The summed E-state index contributed by atoms with van der Waals surface area (Å²) in [5.74, 6) is 1.31. The fraction of sp³-hybridized carbons (Fsp3) is 0.538. The van der Waals surface area contributed by atoms with Crippen molar-refractivity contribution in [3.8, 4) is 5.75 Å². The molecule has 16 heavy (non-hydrogen) atoms. The molecule has 90 valence electrons. The number of hydrogen-bond donors (Lipinski definition) is 1. The van der Waals surface area contributed by atoms with Gasteiger partial charge in [-0.15, -0.1) is 0 Å². The molecule has 1 aromatic rings. The molecule has 0 radical (unpaired) electrons. The first-order valence-electron chi connectivity index (χ1n) is 5.73. The Morgan fingerprint density at radius 3 is 2.56 bits per heavy atom. The van der Waals surface area contributed by atoms with E-state index >= 15 is 0 Å². The smallest absolute Gasteiger partial charge is 0.124 e. The molecule has 2 nitrogen and oxygen atoms in total. The van der Waals surface area contributed by atoms with E-state index in [4.69, 9.17) is 16.3 Å². The molecule has 0 amide bonds. The molecule has 0 saturated carbocycles. The van der Waals surface area contributed by atoms with E-state index in [2.05, 4.69) is 13.8 Å². The van der Waals surface area contributed by atoms with Crippen LogP contribution in [0.4, 0.5) is 0 Å². The highest BCUT2D eigenvalue weighted by Gasteiger charge is 2.07. The van der Waals surface area contributed by atoms with Crippen molar-refractivity contribution < 1.29 is 9.84 Å². The maximum absolute atomic E-state index is 9.18. The highest BCUT2D eigenvalue weighted by molar-refractivity contribution is 6.30. The van der Waals surface area contributed by atoms with Gasteiger partial charge in [-0.2, -0.15) is 0 Å². The van der Waals surface area contributed by atoms with Crippen LogP contribution >= 0.6 is 11.6 Å². The summed E-state index contributed by atoms with van der Waals surface area (Å²) in [4.78, 5) is 0. The fourth-order valence-electron chi connectivity index (χ4n) is 1.54. The van der Waals surface area contributed by atoms with Crippen LogP contribution in [0.1, 0.15) is 32.3 Å². The number of rotatable bonds is 6. The number of hydrogen-bond acceptors (Lipinski definition) is 2. The Bertz CT molecular complexity index is 322. The van der Waals surface area contributed by atoms with Gasteiger partial charge in [0, 0.05) is 10.6 Å². The Labute approximate surface area is 102 Å². The van der Waals surface area contributed by atoms with Crippen LogP contribution in [-0.4, -0.2) is 11.7 Å². The summed E-state index contributed by atoms with van der Waals surface area (Å²) in [5.41, 5.74) is 0.749. The number of aliphatic hydroxyl groups is 1. The molecule has 0 bridgehead atoms. The number of aliphatic hydroxyl groups excluding tert-OH is 1. The maximum Gasteiger partial charge on any atom is 0.124 e. The second-order valence-electron chi connectivity index (χ2n) is 3.90. The Morgan fingerprint density at radius 1 is 1.31 bits per heavy atom.